The molecule has 2 rings (SSSR count). The van der Waals surface area contributed by atoms with Gasteiger partial charge in [0.15, 0.2) is 0 Å². The highest BCUT2D eigenvalue weighted by Gasteiger charge is 2.36. The average molecular weight is 298 g/mol. The van der Waals surface area contributed by atoms with Gasteiger partial charge in [0.1, 0.15) is 11.0 Å². The van der Waals surface area contributed by atoms with Gasteiger partial charge in [-0.1, -0.05) is 18.2 Å². The Hall–Kier alpha value is -1.60. The van der Waals surface area contributed by atoms with Gasteiger partial charge in [-0.2, -0.15) is 0 Å². The van der Waals surface area contributed by atoms with E-state index in [9.17, 15) is 13.2 Å². The summed E-state index contributed by atoms with van der Waals surface area (Å²) >= 11 is 0. The van der Waals surface area contributed by atoms with Gasteiger partial charge in [0.25, 0.3) is 0 Å². The van der Waals surface area contributed by atoms with Crippen LogP contribution in [0, 0.1) is 0 Å². The summed E-state index contributed by atoms with van der Waals surface area (Å²) in [5.41, 5.74) is 0.988. The van der Waals surface area contributed by atoms with Gasteiger partial charge >= 0.3 is 0 Å². The summed E-state index contributed by atoms with van der Waals surface area (Å²) in [5, 5.41) is 4.31. The van der Waals surface area contributed by atoms with Gasteiger partial charge in [0.2, 0.25) is 15.9 Å². The number of primary sulfonamides is 1. The van der Waals surface area contributed by atoms with Gasteiger partial charge in [-0.05, 0) is 18.1 Å². The molecule has 1 fully saturated rings. The summed E-state index contributed by atoms with van der Waals surface area (Å²) in [6, 6.07) is 7.56. The molecule has 0 aromatic heterocycles. The van der Waals surface area contributed by atoms with Crippen LogP contribution in [0.15, 0.2) is 24.3 Å². The maximum atomic E-state index is 11.8. The van der Waals surface area contributed by atoms with E-state index in [-0.39, 0.29) is 18.9 Å². The zero-order chi connectivity index (χ0) is 14.8. The molecule has 0 radical (unpaired) electrons. The number of methoxy groups -OCH3 is 1. The van der Waals surface area contributed by atoms with Crippen molar-refractivity contribution in [2.75, 3.05) is 20.2 Å². The first-order valence-corrected chi connectivity index (χ1v) is 7.94. The monoisotopic (exact) mass is 298 g/mol. The zero-order valence-electron chi connectivity index (χ0n) is 11.3. The fourth-order valence-corrected chi connectivity index (χ4v) is 3.10. The van der Waals surface area contributed by atoms with E-state index in [4.69, 9.17) is 9.88 Å². The predicted molar refractivity (Wildman–Crippen MR) is 74.8 cm³/mol. The third kappa shape index (κ3) is 3.29. The molecule has 1 saturated heterocycles. The number of rotatable bonds is 5. The Morgan fingerprint density at radius 3 is 2.70 bits per heavy atom. The lowest BCUT2D eigenvalue weighted by atomic mass is 10.1. The lowest BCUT2D eigenvalue weighted by Crippen LogP contribution is -2.33. The summed E-state index contributed by atoms with van der Waals surface area (Å²) in [6.07, 6.45) is 0.595. The minimum Gasteiger partial charge on any atom is -0.496 e. The fraction of sp³-hybridized carbons (Fsp3) is 0.462. The van der Waals surface area contributed by atoms with Gasteiger partial charge < -0.3 is 9.64 Å². The first-order valence-electron chi connectivity index (χ1n) is 6.33. The Balaban J connectivity index is 2.00. The SMILES string of the molecule is COc1ccccc1CCN1CC(S(N)(=O)=O)CC1=O. The van der Waals surface area contributed by atoms with Crippen LogP contribution < -0.4 is 9.88 Å². The second-order valence-corrected chi connectivity index (χ2v) is 6.66. The molecule has 0 saturated carbocycles. The molecule has 1 aliphatic heterocycles. The summed E-state index contributed by atoms with van der Waals surface area (Å²) in [5.74, 6) is 0.598. The number of likely N-dealkylation sites (tertiary alicyclic amines) is 1. The third-order valence-corrected chi connectivity index (χ3v) is 4.73. The Morgan fingerprint density at radius 2 is 2.10 bits per heavy atom. The highest BCUT2D eigenvalue weighted by atomic mass is 32.2. The number of nitrogens with two attached hydrogens (primary N) is 1. The first kappa shape index (κ1) is 14.8. The van der Waals surface area contributed by atoms with Gasteiger partial charge in [0, 0.05) is 19.5 Å². The fourth-order valence-electron chi connectivity index (χ4n) is 2.34. The Labute approximate surface area is 118 Å². The molecule has 7 heteroatoms. The molecule has 1 amide bonds. The largest absolute Gasteiger partial charge is 0.496 e. The second-order valence-electron chi connectivity index (χ2n) is 4.82. The molecule has 6 nitrogen and oxygen atoms in total. The van der Waals surface area contributed by atoms with Crippen molar-refractivity contribution in [1.29, 1.82) is 0 Å². The van der Waals surface area contributed by atoms with Crippen molar-refractivity contribution in [3.8, 4) is 5.75 Å². The molecule has 1 heterocycles. The number of benzene rings is 1. The van der Waals surface area contributed by atoms with Crippen LogP contribution in [-0.2, 0) is 21.2 Å². The summed E-state index contributed by atoms with van der Waals surface area (Å²) < 4.78 is 27.8. The summed E-state index contributed by atoms with van der Waals surface area (Å²) in [4.78, 5) is 13.3. The number of para-hydroxylation sites is 1. The molecule has 20 heavy (non-hydrogen) atoms. The highest BCUT2D eigenvalue weighted by molar-refractivity contribution is 7.89. The highest BCUT2D eigenvalue weighted by Crippen LogP contribution is 2.21. The number of ether oxygens (including phenoxy) is 1. The first-order chi connectivity index (χ1) is 9.41. The minimum absolute atomic E-state index is 0.0231. The van der Waals surface area contributed by atoms with Crippen LogP contribution in [0.25, 0.3) is 0 Å². The van der Waals surface area contributed by atoms with E-state index in [2.05, 4.69) is 0 Å². The van der Waals surface area contributed by atoms with E-state index in [1.54, 1.807) is 12.0 Å². The van der Waals surface area contributed by atoms with Crippen molar-refractivity contribution in [1.82, 2.24) is 4.90 Å². The second kappa shape index (κ2) is 5.80. The number of hydrogen-bond acceptors (Lipinski definition) is 4. The van der Waals surface area contributed by atoms with Crippen molar-refractivity contribution >= 4 is 15.9 Å². The lowest BCUT2D eigenvalue weighted by molar-refractivity contribution is -0.127. The van der Waals surface area contributed by atoms with Crippen LogP contribution in [0.4, 0.5) is 0 Å². The van der Waals surface area contributed by atoms with Crippen molar-refractivity contribution in [3.05, 3.63) is 29.8 Å². The normalized spacial score (nSPS) is 19.4. The van der Waals surface area contributed by atoms with Crippen molar-refractivity contribution in [2.45, 2.75) is 18.1 Å². The van der Waals surface area contributed by atoms with E-state index < -0.39 is 15.3 Å². The average Bonchev–Trinajstić information content (AvgIpc) is 2.78. The van der Waals surface area contributed by atoms with Crippen molar-refractivity contribution in [2.24, 2.45) is 5.14 Å². The van der Waals surface area contributed by atoms with Gasteiger partial charge in [0.05, 0.1) is 7.11 Å². The maximum Gasteiger partial charge on any atom is 0.224 e. The Bertz CT molecular complexity index is 600. The smallest absolute Gasteiger partial charge is 0.224 e. The quantitative estimate of drug-likeness (QED) is 0.836. The number of carbonyl (C=O) groups is 1. The van der Waals surface area contributed by atoms with Crippen molar-refractivity contribution in [3.63, 3.8) is 0 Å². The Kier molecular flexibility index (Phi) is 4.29. The number of carbonyl (C=O) groups excluding carboxylic acids is 1. The number of hydrogen-bond donors (Lipinski definition) is 1. The number of nitrogens with zero attached hydrogens (tertiary/aromatic N) is 1. The third-order valence-electron chi connectivity index (χ3n) is 3.49. The minimum atomic E-state index is -3.65. The van der Waals surface area contributed by atoms with E-state index in [0.717, 1.165) is 11.3 Å². The summed E-state index contributed by atoms with van der Waals surface area (Å²) in [6.45, 7) is 0.637. The van der Waals surface area contributed by atoms with Crippen LogP contribution >= 0.6 is 0 Å². The summed E-state index contributed by atoms with van der Waals surface area (Å²) in [7, 11) is -2.06. The van der Waals surface area contributed by atoms with Crippen molar-refractivity contribution < 1.29 is 17.9 Å². The predicted octanol–water partition coefficient (Wildman–Crippen LogP) is 0.127. The van der Waals surface area contributed by atoms with Gasteiger partial charge in [-0.3, -0.25) is 4.79 Å². The van der Waals surface area contributed by atoms with E-state index >= 15 is 0 Å². The molecular formula is C13H18N2O4S. The van der Waals surface area contributed by atoms with Crippen LogP contribution in [-0.4, -0.2) is 44.7 Å². The number of sulfonamides is 1. The van der Waals surface area contributed by atoms with Crippen LogP contribution in [0.1, 0.15) is 12.0 Å². The molecule has 1 aromatic rings. The molecule has 0 aliphatic carbocycles. The van der Waals surface area contributed by atoms with Crippen LogP contribution in [0.2, 0.25) is 0 Å². The Morgan fingerprint density at radius 1 is 1.40 bits per heavy atom. The van der Waals surface area contributed by atoms with Gasteiger partial charge in [-0.25, -0.2) is 13.6 Å². The molecule has 2 N–H and O–H groups in total. The lowest BCUT2D eigenvalue weighted by Gasteiger charge is -2.17. The molecular weight excluding hydrogens is 280 g/mol. The molecule has 1 atom stereocenters. The molecule has 1 unspecified atom stereocenters. The van der Waals surface area contributed by atoms with E-state index in [0.29, 0.717) is 13.0 Å². The van der Waals surface area contributed by atoms with Crippen LogP contribution in [0.5, 0.6) is 5.75 Å². The molecule has 110 valence electrons. The van der Waals surface area contributed by atoms with Crippen LogP contribution in [0.3, 0.4) is 0 Å². The maximum absolute atomic E-state index is 11.8. The van der Waals surface area contributed by atoms with Gasteiger partial charge in [-0.15, -0.1) is 0 Å². The van der Waals surface area contributed by atoms with E-state index in [1.807, 2.05) is 24.3 Å². The molecule has 0 spiro atoms. The molecule has 1 aliphatic rings. The zero-order valence-corrected chi connectivity index (χ0v) is 12.1. The molecule has 0 bridgehead atoms. The topological polar surface area (TPSA) is 89.7 Å². The standard InChI is InChI=1S/C13H18N2O4S/c1-19-12-5-3-2-4-10(12)6-7-15-9-11(8-13(15)16)20(14,17)18/h2-5,11H,6-9H2,1H3,(H2,14,17,18). The molecule has 1 aromatic carbocycles. The number of amides is 1. The van der Waals surface area contributed by atoms with E-state index in [1.165, 1.54) is 0 Å².